The number of carbonyl (C=O) groups is 2. The van der Waals surface area contributed by atoms with Crippen molar-refractivity contribution < 1.29 is 14.3 Å². The van der Waals surface area contributed by atoms with Gasteiger partial charge in [-0.05, 0) is 60.1 Å². The second kappa shape index (κ2) is 10.6. The maximum atomic E-state index is 12.3. The second-order valence-corrected chi connectivity index (χ2v) is 7.71. The molecule has 0 fully saturated rings. The molecule has 0 radical (unpaired) electrons. The number of hydrogen-bond acceptors (Lipinski definition) is 4. The molecule has 0 aliphatic rings. The van der Waals surface area contributed by atoms with Crippen LogP contribution in [0.25, 0.3) is 0 Å². The average molecular weight is 414 g/mol. The lowest BCUT2D eigenvalue weighted by Crippen LogP contribution is -2.34. The second-order valence-electron chi connectivity index (χ2n) is 7.30. The van der Waals surface area contributed by atoms with Crippen LogP contribution in [0.15, 0.2) is 48.5 Å². The van der Waals surface area contributed by atoms with Crippen LogP contribution in [0.2, 0.25) is 0 Å². The topological polar surface area (TPSA) is 70.7 Å². The lowest BCUT2D eigenvalue weighted by Gasteiger charge is -2.12. The first kappa shape index (κ1) is 22.4. The minimum atomic E-state index is -0.300. The van der Waals surface area contributed by atoms with E-state index in [2.05, 4.69) is 24.5 Å². The van der Waals surface area contributed by atoms with Crippen molar-refractivity contribution in [2.24, 2.45) is 5.92 Å². The molecule has 0 atom stereocenters. The van der Waals surface area contributed by atoms with Crippen LogP contribution >= 0.6 is 12.2 Å². The molecule has 2 aromatic carbocycles. The summed E-state index contributed by atoms with van der Waals surface area (Å²) < 4.78 is 5.62. The maximum absolute atomic E-state index is 12.3. The Bertz CT molecular complexity index is 847. The van der Waals surface area contributed by atoms with E-state index in [1.807, 2.05) is 24.3 Å². The van der Waals surface area contributed by atoms with Gasteiger partial charge in [-0.25, -0.2) is 0 Å². The van der Waals surface area contributed by atoms with Crippen molar-refractivity contribution in [3.8, 4) is 5.75 Å². The summed E-state index contributed by atoms with van der Waals surface area (Å²) in [6, 6.07) is 14.3. The fraction of sp³-hybridized carbons (Fsp3) is 0.318. The van der Waals surface area contributed by atoms with E-state index in [1.54, 1.807) is 43.3 Å². The molecule has 0 aliphatic heterocycles. The van der Waals surface area contributed by atoms with Gasteiger partial charge in [0.2, 0.25) is 5.91 Å². The minimum absolute atomic E-state index is 0.0362. The summed E-state index contributed by atoms with van der Waals surface area (Å²) in [5, 5.41) is 5.83. The van der Waals surface area contributed by atoms with E-state index in [0.717, 1.165) is 17.0 Å². The first-order valence-corrected chi connectivity index (χ1v) is 9.79. The highest BCUT2D eigenvalue weighted by atomic mass is 32.1. The highest BCUT2D eigenvalue weighted by Crippen LogP contribution is 2.14. The van der Waals surface area contributed by atoms with E-state index in [0.29, 0.717) is 24.5 Å². The van der Waals surface area contributed by atoms with Gasteiger partial charge in [0, 0.05) is 25.3 Å². The number of thiocarbonyl (C=S) groups is 1. The molecule has 0 aliphatic carbocycles. The molecule has 6 nitrogen and oxygen atoms in total. The summed E-state index contributed by atoms with van der Waals surface area (Å²) >= 11 is 5.22. The lowest BCUT2D eigenvalue weighted by molar-refractivity contribution is -0.127. The minimum Gasteiger partial charge on any atom is -0.493 e. The molecular formula is C22H27N3O3S. The third-order valence-electron chi connectivity index (χ3n) is 3.99. The molecule has 7 heteroatoms. The highest BCUT2D eigenvalue weighted by Gasteiger charge is 2.09. The van der Waals surface area contributed by atoms with Crippen molar-refractivity contribution in [2.75, 3.05) is 26.0 Å². The third-order valence-corrected chi connectivity index (χ3v) is 4.20. The number of benzene rings is 2. The number of amides is 2. The summed E-state index contributed by atoms with van der Waals surface area (Å²) in [6.45, 7) is 4.78. The van der Waals surface area contributed by atoms with Crippen molar-refractivity contribution >= 4 is 34.8 Å². The molecule has 0 bridgehead atoms. The molecule has 0 unspecified atom stereocenters. The van der Waals surface area contributed by atoms with E-state index < -0.39 is 0 Å². The van der Waals surface area contributed by atoms with Crippen LogP contribution in [0.3, 0.4) is 0 Å². The fourth-order valence-electron chi connectivity index (χ4n) is 2.34. The molecule has 0 spiro atoms. The Morgan fingerprint density at radius 2 is 1.66 bits per heavy atom. The van der Waals surface area contributed by atoms with Gasteiger partial charge in [0.05, 0.1) is 13.0 Å². The number of rotatable bonds is 7. The van der Waals surface area contributed by atoms with Crippen molar-refractivity contribution in [3.05, 3.63) is 59.7 Å². The van der Waals surface area contributed by atoms with Crippen LogP contribution in [-0.2, 0) is 11.2 Å². The maximum Gasteiger partial charge on any atom is 0.257 e. The summed E-state index contributed by atoms with van der Waals surface area (Å²) in [5.41, 5.74) is 2.13. The van der Waals surface area contributed by atoms with E-state index in [4.69, 9.17) is 17.0 Å². The van der Waals surface area contributed by atoms with Gasteiger partial charge in [-0.2, -0.15) is 0 Å². The monoisotopic (exact) mass is 413 g/mol. The fourth-order valence-corrected chi connectivity index (χ4v) is 2.55. The van der Waals surface area contributed by atoms with Gasteiger partial charge in [0.1, 0.15) is 5.75 Å². The van der Waals surface area contributed by atoms with E-state index in [-0.39, 0.29) is 16.9 Å². The Balaban J connectivity index is 1.86. The van der Waals surface area contributed by atoms with Crippen LogP contribution in [0.4, 0.5) is 5.69 Å². The number of carbonyl (C=O) groups excluding carboxylic acids is 2. The predicted octanol–water partition coefficient (Wildman–Crippen LogP) is 3.48. The molecule has 2 N–H and O–H groups in total. The van der Waals surface area contributed by atoms with Crippen LogP contribution < -0.4 is 15.4 Å². The Kier molecular flexibility index (Phi) is 8.15. The van der Waals surface area contributed by atoms with Crippen LogP contribution in [0.5, 0.6) is 5.75 Å². The molecular weight excluding hydrogens is 386 g/mol. The number of likely N-dealkylation sites (N-methyl/N-ethyl adjacent to an activating group) is 1. The predicted molar refractivity (Wildman–Crippen MR) is 119 cm³/mol. The van der Waals surface area contributed by atoms with E-state index in [1.165, 1.54) is 0 Å². The lowest BCUT2D eigenvalue weighted by atomic mass is 10.1. The molecule has 2 amide bonds. The number of ether oxygens (including phenoxy) is 1. The summed E-state index contributed by atoms with van der Waals surface area (Å²) in [7, 11) is 3.46. The highest BCUT2D eigenvalue weighted by molar-refractivity contribution is 7.80. The Hall–Kier alpha value is -2.93. The van der Waals surface area contributed by atoms with Crippen LogP contribution in [0.1, 0.15) is 29.8 Å². The first-order chi connectivity index (χ1) is 13.7. The molecule has 2 rings (SSSR count). The molecule has 0 aromatic heterocycles. The first-order valence-electron chi connectivity index (χ1n) is 9.39. The quantitative estimate of drug-likeness (QED) is 0.680. The van der Waals surface area contributed by atoms with Crippen LogP contribution in [-0.4, -0.2) is 42.5 Å². The van der Waals surface area contributed by atoms with Gasteiger partial charge in [-0.3, -0.25) is 14.9 Å². The molecule has 29 heavy (non-hydrogen) atoms. The molecule has 0 heterocycles. The number of anilines is 1. The Morgan fingerprint density at radius 1 is 1.03 bits per heavy atom. The zero-order valence-corrected chi connectivity index (χ0v) is 18.0. The van der Waals surface area contributed by atoms with Gasteiger partial charge in [0.25, 0.3) is 5.91 Å². The van der Waals surface area contributed by atoms with Gasteiger partial charge < -0.3 is 15.0 Å². The SMILES string of the molecule is CC(C)COc1ccc(C(=O)NC(=S)Nc2ccc(CC(=O)N(C)C)cc2)cc1. The number of hydrogen-bond donors (Lipinski definition) is 2. The Labute approximate surface area is 177 Å². The van der Waals surface area contributed by atoms with Crippen LogP contribution in [0, 0.1) is 5.92 Å². The van der Waals surface area contributed by atoms with Gasteiger partial charge in [-0.15, -0.1) is 0 Å². The smallest absolute Gasteiger partial charge is 0.257 e. The summed E-state index contributed by atoms with van der Waals surface area (Å²) in [4.78, 5) is 25.6. The van der Waals surface area contributed by atoms with Gasteiger partial charge in [0.15, 0.2) is 5.11 Å². The standard InChI is InChI=1S/C22H27N3O3S/c1-15(2)14-28-19-11-7-17(8-12-19)21(27)24-22(29)23-18-9-5-16(6-10-18)13-20(26)25(3)4/h5-12,15H,13-14H2,1-4H3,(H2,23,24,27,29). The zero-order chi connectivity index (χ0) is 21.4. The van der Waals surface area contributed by atoms with Crippen molar-refractivity contribution in [1.82, 2.24) is 10.2 Å². The van der Waals surface area contributed by atoms with Gasteiger partial charge in [-0.1, -0.05) is 26.0 Å². The zero-order valence-electron chi connectivity index (χ0n) is 17.2. The molecule has 0 saturated heterocycles. The molecule has 0 saturated carbocycles. The number of nitrogens with zero attached hydrogens (tertiary/aromatic N) is 1. The largest absolute Gasteiger partial charge is 0.493 e. The van der Waals surface area contributed by atoms with Gasteiger partial charge >= 0.3 is 0 Å². The molecule has 2 aromatic rings. The molecule has 154 valence electrons. The summed E-state index contributed by atoms with van der Waals surface area (Å²) in [6.07, 6.45) is 0.339. The van der Waals surface area contributed by atoms with Crippen molar-refractivity contribution in [2.45, 2.75) is 20.3 Å². The van der Waals surface area contributed by atoms with Crippen molar-refractivity contribution in [3.63, 3.8) is 0 Å². The third kappa shape index (κ3) is 7.54. The van der Waals surface area contributed by atoms with Crippen molar-refractivity contribution in [1.29, 1.82) is 0 Å². The Morgan fingerprint density at radius 3 is 2.21 bits per heavy atom. The normalized spacial score (nSPS) is 10.4. The number of nitrogens with one attached hydrogen (secondary N) is 2. The summed E-state index contributed by atoms with van der Waals surface area (Å²) in [5.74, 6) is 0.896. The average Bonchev–Trinajstić information content (AvgIpc) is 2.68. The van der Waals surface area contributed by atoms with E-state index >= 15 is 0 Å². The van der Waals surface area contributed by atoms with E-state index in [9.17, 15) is 9.59 Å².